The van der Waals surface area contributed by atoms with Crippen molar-refractivity contribution in [2.24, 2.45) is 0 Å². The highest BCUT2D eigenvalue weighted by atomic mass is 16.2. The van der Waals surface area contributed by atoms with Gasteiger partial charge in [0.25, 0.3) is 0 Å². The topological polar surface area (TPSA) is 82.2 Å². The molecule has 3 rings (SSSR count). The van der Waals surface area contributed by atoms with Crippen LogP contribution in [0.5, 0.6) is 0 Å². The molecule has 7 heteroatoms. The maximum atomic E-state index is 13.0. The van der Waals surface area contributed by atoms with E-state index < -0.39 is 0 Å². The van der Waals surface area contributed by atoms with Gasteiger partial charge >= 0.3 is 0 Å². The highest BCUT2D eigenvalue weighted by Crippen LogP contribution is 2.11. The van der Waals surface area contributed by atoms with E-state index in [9.17, 15) is 9.59 Å². The molecule has 0 fully saturated rings. The lowest BCUT2D eigenvalue weighted by molar-refractivity contribution is -0.132. The normalized spacial score (nSPS) is 10.9. The minimum atomic E-state index is -0.124. The van der Waals surface area contributed by atoms with Crippen LogP contribution in [-0.2, 0) is 17.9 Å². The summed E-state index contributed by atoms with van der Waals surface area (Å²) in [7, 11) is 3.95. The van der Waals surface area contributed by atoms with E-state index in [1.807, 2.05) is 54.2 Å². The summed E-state index contributed by atoms with van der Waals surface area (Å²) in [4.78, 5) is 28.9. The van der Waals surface area contributed by atoms with Crippen molar-refractivity contribution in [2.75, 3.05) is 27.2 Å². The van der Waals surface area contributed by atoms with Crippen molar-refractivity contribution in [3.8, 4) is 6.07 Å². The fourth-order valence-corrected chi connectivity index (χ4v) is 3.22. The van der Waals surface area contributed by atoms with Gasteiger partial charge in [-0.05, 0) is 43.9 Å². The van der Waals surface area contributed by atoms with Gasteiger partial charge in [-0.3, -0.25) is 14.3 Å². The second-order valence-electron chi connectivity index (χ2n) is 7.43. The number of likely N-dealkylation sites (N-methyl/N-ethyl adjacent to an activating group) is 1. The molecule has 0 saturated heterocycles. The first-order valence-corrected chi connectivity index (χ1v) is 9.84. The highest BCUT2D eigenvalue weighted by Gasteiger charge is 2.15. The van der Waals surface area contributed by atoms with E-state index in [1.54, 1.807) is 22.9 Å². The van der Waals surface area contributed by atoms with Crippen LogP contribution in [-0.4, -0.2) is 52.7 Å². The van der Waals surface area contributed by atoms with Gasteiger partial charge in [0.05, 0.1) is 29.9 Å². The van der Waals surface area contributed by atoms with Gasteiger partial charge in [0.2, 0.25) is 11.3 Å². The number of carbonyl (C=O) groups is 1. The van der Waals surface area contributed by atoms with Gasteiger partial charge in [-0.15, -0.1) is 0 Å². The van der Waals surface area contributed by atoms with Gasteiger partial charge in [-0.1, -0.05) is 24.3 Å². The second kappa shape index (κ2) is 9.81. The van der Waals surface area contributed by atoms with Gasteiger partial charge in [0.1, 0.15) is 0 Å². The van der Waals surface area contributed by atoms with Gasteiger partial charge in [0.15, 0.2) is 0 Å². The maximum absolute atomic E-state index is 13.0. The van der Waals surface area contributed by atoms with Gasteiger partial charge < -0.3 is 9.80 Å². The molecule has 1 heterocycles. The second-order valence-corrected chi connectivity index (χ2v) is 7.43. The van der Waals surface area contributed by atoms with Crippen LogP contribution in [0.25, 0.3) is 10.9 Å². The molecule has 0 spiro atoms. The minimum absolute atomic E-state index is 0.0193. The molecule has 3 aromatic rings. The Kier molecular flexibility index (Phi) is 6.94. The predicted molar refractivity (Wildman–Crippen MR) is 116 cm³/mol. The Morgan fingerprint density at radius 1 is 1.10 bits per heavy atom. The van der Waals surface area contributed by atoms with Crippen molar-refractivity contribution in [2.45, 2.75) is 19.5 Å². The predicted octanol–water partition coefficient (Wildman–Crippen LogP) is 2.25. The summed E-state index contributed by atoms with van der Waals surface area (Å²) in [5, 5.41) is 13.8. The van der Waals surface area contributed by atoms with E-state index in [4.69, 9.17) is 5.26 Å². The molecular weight excluding hydrogens is 378 g/mol. The molecule has 0 unspecified atom stereocenters. The van der Waals surface area contributed by atoms with E-state index in [1.165, 1.54) is 6.20 Å². The first-order chi connectivity index (χ1) is 14.5. The number of aromatic nitrogens is 2. The van der Waals surface area contributed by atoms with Crippen LogP contribution in [0, 0.1) is 11.3 Å². The van der Waals surface area contributed by atoms with Gasteiger partial charge in [-0.25, -0.2) is 0 Å². The number of nitriles is 1. The summed E-state index contributed by atoms with van der Waals surface area (Å²) in [5.74, 6) is 0.0193. The molecule has 30 heavy (non-hydrogen) atoms. The number of para-hydroxylation sites is 1. The zero-order valence-electron chi connectivity index (χ0n) is 17.3. The SMILES string of the molecule is CN(C)CCN(Cc1ccc(C#N)cc1)C(=O)CCn1ncc(=O)c2ccccc21. The standard InChI is InChI=1S/C23H25N5O2/c1-26(2)13-14-27(17-19-9-7-18(15-24)8-10-19)23(30)11-12-28-21-6-4-3-5-20(21)22(29)16-25-28/h3-10,16H,11-14,17H2,1-2H3. The van der Waals surface area contributed by atoms with Crippen LogP contribution in [0.4, 0.5) is 0 Å². The lowest BCUT2D eigenvalue weighted by Gasteiger charge is -2.25. The molecule has 1 amide bonds. The van der Waals surface area contributed by atoms with Crippen LogP contribution < -0.4 is 5.43 Å². The maximum Gasteiger partial charge on any atom is 0.224 e. The van der Waals surface area contributed by atoms with Crippen LogP contribution >= 0.6 is 0 Å². The van der Waals surface area contributed by atoms with Gasteiger partial charge in [0, 0.05) is 31.4 Å². The Hall–Kier alpha value is -3.50. The smallest absolute Gasteiger partial charge is 0.224 e. The third-order valence-corrected chi connectivity index (χ3v) is 4.93. The molecule has 1 aromatic heterocycles. The molecule has 0 atom stereocenters. The Balaban J connectivity index is 1.73. The Bertz CT molecular complexity index is 1110. The Morgan fingerprint density at radius 2 is 1.83 bits per heavy atom. The first-order valence-electron chi connectivity index (χ1n) is 9.84. The van der Waals surface area contributed by atoms with E-state index >= 15 is 0 Å². The summed E-state index contributed by atoms with van der Waals surface area (Å²) < 4.78 is 1.71. The van der Waals surface area contributed by atoms with E-state index in [0.717, 1.165) is 17.6 Å². The fourth-order valence-electron chi connectivity index (χ4n) is 3.22. The molecule has 154 valence electrons. The zero-order valence-corrected chi connectivity index (χ0v) is 17.3. The number of amides is 1. The number of fused-ring (bicyclic) bond motifs is 1. The highest BCUT2D eigenvalue weighted by molar-refractivity contribution is 5.79. The number of aryl methyl sites for hydroxylation is 1. The van der Waals surface area contributed by atoms with Crippen molar-refractivity contribution in [1.82, 2.24) is 19.6 Å². The largest absolute Gasteiger partial charge is 0.337 e. The molecule has 0 radical (unpaired) electrons. The third-order valence-electron chi connectivity index (χ3n) is 4.93. The molecule has 0 bridgehead atoms. The van der Waals surface area contributed by atoms with Crippen molar-refractivity contribution in [3.63, 3.8) is 0 Å². The fraction of sp³-hybridized carbons (Fsp3) is 0.304. The third kappa shape index (κ3) is 5.31. The molecule has 7 nitrogen and oxygen atoms in total. The first kappa shape index (κ1) is 21.2. The summed E-state index contributed by atoms with van der Waals surface area (Å²) in [6, 6.07) is 16.7. The Morgan fingerprint density at radius 3 is 2.53 bits per heavy atom. The number of hydrogen-bond acceptors (Lipinski definition) is 5. The average molecular weight is 403 g/mol. The summed E-state index contributed by atoms with van der Waals surface area (Å²) >= 11 is 0. The quantitative estimate of drug-likeness (QED) is 0.576. The van der Waals surface area contributed by atoms with Crippen LogP contribution in [0.15, 0.2) is 59.5 Å². The van der Waals surface area contributed by atoms with E-state index in [2.05, 4.69) is 11.2 Å². The minimum Gasteiger partial charge on any atom is -0.337 e. The van der Waals surface area contributed by atoms with Crippen molar-refractivity contribution < 1.29 is 4.79 Å². The molecule has 0 aliphatic heterocycles. The summed E-state index contributed by atoms with van der Waals surface area (Å²) in [6.45, 7) is 2.23. The zero-order chi connectivity index (χ0) is 21.5. The van der Waals surface area contributed by atoms with Crippen LogP contribution in [0.2, 0.25) is 0 Å². The molecule has 0 saturated carbocycles. The average Bonchev–Trinajstić information content (AvgIpc) is 2.76. The summed E-state index contributed by atoms with van der Waals surface area (Å²) in [6.07, 6.45) is 1.58. The monoisotopic (exact) mass is 403 g/mol. The number of benzene rings is 2. The Labute approximate surface area is 175 Å². The number of rotatable bonds is 8. The van der Waals surface area contributed by atoms with Gasteiger partial charge in [-0.2, -0.15) is 10.4 Å². The molecule has 0 aliphatic carbocycles. The summed E-state index contributed by atoms with van der Waals surface area (Å²) in [5.41, 5.74) is 2.18. The molecule has 0 N–H and O–H groups in total. The number of carbonyl (C=O) groups excluding carboxylic acids is 1. The van der Waals surface area contributed by atoms with E-state index in [0.29, 0.717) is 30.6 Å². The molecule has 0 aliphatic rings. The van der Waals surface area contributed by atoms with E-state index in [-0.39, 0.29) is 17.8 Å². The van der Waals surface area contributed by atoms with Crippen LogP contribution in [0.3, 0.4) is 0 Å². The number of hydrogen-bond donors (Lipinski definition) is 0. The molecular formula is C23H25N5O2. The lowest BCUT2D eigenvalue weighted by atomic mass is 10.1. The van der Waals surface area contributed by atoms with Crippen molar-refractivity contribution in [3.05, 3.63) is 76.1 Å². The van der Waals surface area contributed by atoms with Crippen molar-refractivity contribution >= 4 is 16.8 Å². The lowest BCUT2D eigenvalue weighted by Crippen LogP contribution is -2.36. The van der Waals surface area contributed by atoms with Crippen molar-refractivity contribution in [1.29, 1.82) is 5.26 Å². The number of nitrogens with zero attached hydrogens (tertiary/aromatic N) is 5. The van der Waals surface area contributed by atoms with Crippen LogP contribution in [0.1, 0.15) is 17.5 Å². The molecule has 2 aromatic carbocycles.